The third-order valence-electron chi connectivity index (χ3n) is 2.79. The molecule has 0 fully saturated rings. The van der Waals surface area contributed by atoms with Gasteiger partial charge in [-0.15, -0.1) is 0 Å². The molecule has 0 unspecified atom stereocenters. The van der Waals surface area contributed by atoms with Crippen LogP contribution in [0.3, 0.4) is 0 Å². The van der Waals surface area contributed by atoms with Crippen molar-refractivity contribution in [1.29, 1.82) is 0 Å². The fourth-order valence-corrected chi connectivity index (χ4v) is 1.28. The van der Waals surface area contributed by atoms with E-state index in [2.05, 4.69) is 10.6 Å². The van der Waals surface area contributed by atoms with E-state index in [-0.39, 0.29) is 6.54 Å². The predicted octanol–water partition coefficient (Wildman–Crippen LogP) is 1.16. The maximum absolute atomic E-state index is 11.6. The highest BCUT2D eigenvalue weighted by atomic mass is 16.4. The number of hydrogen-bond donors (Lipinski definition) is 3. The molecule has 0 heterocycles. The van der Waals surface area contributed by atoms with E-state index in [0.717, 1.165) is 5.56 Å². The smallest absolute Gasteiger partial charge is 0.313 e. The molecule has 20 heavy (non-hydrogen) atoms. The van der Waals surface area contributed by atoms with Gasteiger partial charge in [-0.1, -0.05) is 17.7 Å². The molecule has 0 atom stereocenters. The van der Waals surface area contributed by atoms with Crippen LogP contribution in [0.25, 0.3) is 0 Å². The quantitative estimate of drug-likeness (QED) is 0.720. The average Bonchev–Trinajstić information content (AvgIpc) is 2.38. The van der Waals surface area contributed by atoms with Gasteiger partial charge in [-0.3, -0.25) is 14.4 Å². The molecule has 6 nitrogen and oxygen atoms in total. The van der Waals surface area contributed by atoms with Crippen LogP contribution in [0.5, 0.6) is 0 Å². The molecule has 0 bridgehead atoms. The Morgan fingerprint density at radius 1 is 1.10 bits per heavy atom. The minimum atomic E-state index is -1.13. The highest BCUT2D eigenvalue weighted by Crippen LogP contribution is 2.13. The SMILES string of the molecule is Cc1ccc(NC(=O)C(=O)NCC(C)(C)C(=O)O)cc1. The zero-order valence-corrected chi connectivity index (χ0v) is 11.7. The predicted molar refractivity (Wildman–Crippen MR) is 74.2 cm³/mol. The van der Waals surface area contributed by atoms with E-state index in [1.807, 2.05) is 6.92 Å². The zero-order chi connectivity index (χ0) is 15.3. The highest BCUT2D eigenvalue weighted by Gasteiger charge is 2.28. The number of benzene rings is 1. The van der Waals surface area contributed by atoms with Crippen molar-refractivity contribution in [2.75, 3.05) is 11.9 Å². The molecule has 0 aliphatic carbocycles. The summed E-state index contributed by atoms with van der Waals surface area (Å²) in [6, 6.07) is 6.98. The van der Waals surface area contributed by atoms with Crippen molar-refractivity contribution in [1.82, 2.24) is 5.32 Å². The number of hydrogen-bond acceptors (Lipinski definition) is 3. The fraction of sp³-hybridized carbons (Fsp3) is 0.357. The van der Waals surface area contributed by atoms with Gasteiger partial charge in [0.2, 0.25) is 0 Å². The second-order valence-electron chi connectivity index (χ2n) is 5.19. The second-order valence-corrected chi connectivity index (χ2v) is 5.19. The molecular weight excluding hydrogens is 260 g/mol. The maximum Gasteiger partial charge on any atom is 0.313 e. The van der Waals surface area contributed by atoms with Crippen LogP contribution in [0.15, 0.2) is 24.3 Å². The molecule has 0 aromatic heterocycles. The second kappa shape index (κ2) is 6.18. The lowest BCUT2D eigenvalue weighted by Gasteiger charge is -2.19. The number of aliphatic carboxylic acids is 1. The van der Waals surface area contributed by atoms with E-state index in [1.165, 1.54) is 13.8 Å². The minimum absolute atomic E-state index is 0.123. The highest BCUT2D eigenvalue weighted by molar-refractivity contribution is 6.39. The number of carbonyl (C=O) groups excluding carboxylic acids is 2. The van der Waals surface area contributed by atoms with Crippen LogP contribution in [-0.4, -0.2) is 29.4 Å². The summed E-state index contributed by atoms with van der Waals surface area (Å²) in [5.41, 5.74) is 0.420. The Labute approximate surface area is 117 Å². The Balaban J connectivity index is 2.54. The number of carboxylic acid groups (broad SMARTS) is 1. The van der Waals surface area contributed by atoms with Gasteiger partial charge in [0, 0.05) is 12.2 Å². The summed E-state index contributed by atoms with van der Waals surface area (Å²) in [6.45, 7) is 4.72. The molecule has 0 spiro atoms. The van der Waals surface area contributed by atoms with Crippen molar-refractivity contribution in [3.8, 4) is 0 Å². The molecule has 108 valence electrons. The summed E-state index contributed by atoms with van der Waals surface area (Å²) in [6.07, 6.45) is 0. The first-order chi connectivity index (χ1) is 9.22. The summed E-state index contributed by atoms with van der Waals surface area (Å²) < 4.78 is 0. The number of anilines is 1. The minimum Gasteiger partial charge on any atom is -0.481 e. The topological polar surface area (TPSA) is 95.5 Å². The maximum atomic E-state index is 11.6. The first-order valence-electron chi connectivity index (χ1n) is 6.11. The van der Waals surface area contributed by atoms with Gasteiger partial charge < -0.3 is 15.7 Å². The molecule has 0 radical (unpaired) electrons. The van der Waals surface area contributed by atoms with E-state index < -0.39 is 23.2 Å². The number of aryl methyl sites for hydroxylation is 1. The number of nitrogens with one attached hydrogen (secondary N) is 2. The normalized spacial score (nSPS) is 10.8. The van der Waals surface area contributed by atoms with Crippen molar-refractivity contribution < 1.29 is 19.5 Å². The Bertz CT molecular complexity index is 520. The van der Waals surface area contributed by atoms with Gasteiger partial charge in [0.15, 0.2) is 0 Å². The number of carboxylic acids is 1. The van der Waals surface area contributed by atoms with Crippen LogP contribution in [0.2, 0.25) is 0 Å². The lowest BCUT2D eigenvalue weighted by Crippen LogP contribution is -2.43. The summed E-state index contributed by atoms with van der Waals surface area (Å²) >= 11 is 0. The number of amides is 2. The lowest BCUT2D eigenvalue weighted by molar-refractivity contribution is -0.147. The van der Waals surface area contributed by atoms with Crippen molar-refractivity contribution in [3.05, 3.63) is 29.8 Å². The lowest BCUT2D eigenvalue weighted by atomic mass is 9.94. The summed E-state index contributed by atoms with van der Waals surface area (Å²) in [5.74, 6) is -2.73. The van der Waals surface area contributed by atoms with Crippen molar-refractivity contribution in [2.24, 2.45) is 5.41 Å². The Morgan fingerprint density at radius 2 is 1.65 bits per heavy atom. The van der Waals surface area contributed by atoms with E-state index in [4.69, 9.17) is 5.11 Å². The standard InChI is InChI=1S/C14H18N2O4/c1-9-4-6-10(7-5-9)16-12(18)11(17)15-8-14(2,3)13(19)20/h4-7H,8H2,1-3H3,(H,15,17)(H,16,18)(H,19,20). The van der Waals surface area contributed by atoms with Crippen molar-refractivity contribution >= 4 is 23.5 Å². The average molecular weight is 278 g/mol. The van der Waals surface area contributed by atoms with Gasteiger partial charge in [-0.05, 0) is 32.9 Å². The largest absolute Gasteiger partial charge is 0.481 e. The molecule has 1 aromatic carbocycles. The molecule has 0 saturated carbocycles. The first kappa shape index (κ1) is 15.7. The van der Waals surface area contributed by atoms with Crippen LogP contribution in [0, 0.1) is 12.3 Å². The van der Waals surface area contributed by atoms with Gasteiger partial charge in [0.1, 0.15) is 0 Å². The van der Waals surface area contributed by atoms with Gasteiger partial charge >= 0.3 is 17.8 Å². The molecule has 6 heteroatoms. The number of rotatable bonds is 4. The van der Waals surface area contributed by atoms with Crippen LogP contribution in [0.4, 0.5) is 5.69 Å². The summed E-state index contributed by atoms with van der Waals surface area (Å²) in [5, 5.41) is 13.6. The van der Waals surface area contributed by atoms with Crippen molar-refractivity contribution in [3.63, 3.8) is 0 Å². The zero-order valence-electron chi connectivity index (χ0n) is 11.7. The third-order valence-corrected chi connectivity index (χ3v) is 2.79. The fourth-order valence-electron chi connectivity index (χ4n) is 1.28. The Kier molecular flexibility index (Phi) is 4.85. The molecule has 0 aliphatic rings. The van der Waals surface area contributed by atoms with Gasteiger partial charge in [0.05, 0.1) is 5.41 Å². The van der Waals surface area contributed by atoms with Gasteiger partial charge in [-0.25, -0.2) is 0 Å². The first-order valence-corrected chi connectivity index (χ1v) is 6.11. The summed E-state index contributed by atoms with van der Waals surface area (Å²) in [7, 11) is 0. The molecule has 1 rings (SSSR count). The van der Waals surface area contributed by atoms with E-state index in [1.54, 1.807) is 24.3 Å². The van der Waals surface area contributed by atoms with Crippen LogP contribution < -0.4 is 10.6 Å². The van der Waals surface area contributed by atoms with Crippen molar-refractivity contribution in [2.45, 2.75) is 20.8 Å². The monoisotopic (exact) mass is 278 g/mol. The molecule has 3 N–H and O–H groups in total. The van der Waals surface area contributed by atoms with E-state index in [9.17, 15) is 14.4 Å². The molecule has 1 aromatic rings. The Morgan fingerprint density at radius 3 is 2.15 bits per heavy atom. The molecule has 0 aliphatic heterocycles. The van der Waals surface area contributed by atoms with Crippen LogP contribution in [0.1, 0.15) is 19.4 Å². The number of carbonyl (C=O) groups is 3. The van der Waals surface area contributed by atoms with E-state index in [0.29, 0.717) is 5.69 Å². The van der Waals surface area contributed by atoms with E-state index >= 15 is 0 Å². The van der Waals surface area contributed by atoms with Crippen LogP contribution >= 0.6 is 0 Å². The third kappa shape index (κ3) is 4.38. The summed E-state index contributed by atoms with van der Waals surface area (Å²) in [4.78, 5) is 34.1. The van der Waals surface area contributed by atoms with Gasteiger partial charge in [-0.2, -0.15) is 0 Å². The Hall–Kier alpha value is -2.37. The molecule has 0 saturated heterocycles. The molecule has 2 amide bonds. The molecular formula is C14H18N2O4. The van der Waals surface area contributed by atoms with Crippen LogP contribution in [-0.2, 0) is 14.4 Å². The van der Waals surface area contributed by atoms with Gasteiger partial charge in [0.25, 0.3) is 0 Å².